The molecule has 0 N–H and O–H groups in total. The number of carbonyl (C=O) groups is 1. The van der Waals surface area contributed by atoms with Crippen LogP contribution in [0, 0.1) is 0 Å². The third-order valence-corrected chi connectivity index (χ3v) is 5.30. The molecule has 0 spiro atoms. The fourth-order valence-corrected chi connectivity index (χ4v) is 3.67. The Morgan fingerprint density at radius 3 is 2.20 bits per heavy atom. The highest BCUT2D eigenvalue weighted by molar-refractivity contribution is 5.81. The number of rotatable bonds is 15. The van der Waals surface area contributed by atoms with Crippen molar-refractivity contribution in [3.8, 4) is 11.4 Å². The molecule has 166 valence electrons. The molecule has 0 saturated carbocycles. The SMILES string of the molecule is C=CC(=O)OCCCCCCCCCCCn1cc[n+](CC)c1-c1ccccc1.[Br-]. The van der Waals surface area contributed by atoms with Crippen molar-refractivity contribution in [1.82, 2.24) is 4.57 Å². The fourth-order valence-electron chi connectivity index (χ4n) is 3.67. The van der Waals surface area contributed by atoms with E-state index in [4.69, 9.17) is 4.74 Å². The Kier molecular flexibility index (Phi) is 13.9. The molecule has 0 saturated heterocycles. The van der Waals surface area contributed by atoms with E-state index >= 15 is 0 Å². The quantitative estimate of drug-likeness (QED) is 0.171. The largest absolute Gasteiger partial charge is 1.00 e. The summed E-state index contributed by atoms with van der Waals surface area (Å²) in [5.41, 5.74) is 1.29. The van der Waals surface area contributed by atoms with Crippen LogP contribution in [-0.2, 0) is 22.6 Å². The van der Waals surface area contributed by atoms with E-state index in [9.17, 15) is 4.79 Å². The molecular weight excluding hydrogens is 440 g/mol. The first kappa shape index (κ1) is 26.2. The number of nitrogens with zero attached hydrogens (tertiary/aromatic N) is 2. The molecule has 1 aromatic heterocycles. The molecule has 0 atom stereocenters. The fraction of sp³-hybridized carbons (Fsp3) is 0.520. The summed E-state index contributed by atoms with van der Waals surface area (Å²) >= 11 is 0. The Hall–Kier alpha value is -1.88. The van der Waals surface area contributed by atoms with E-state index in [1.165, 1.54) is 62.4 Å². The topological polar surface area (TPSA) is 35.1 Å². The third-order valence-electron chi connectivity index (χ3n) is 5.30. The van der Waals surface area contributed by atoms with Crippen molar-refractivity contribution in [2.75, 3.05) is 6.61 Å². The predicted octanol–water partition coefficient (Wildman–Crippen LogP) is 2.71. The van der Waals surface area contributed by atoms with Crippen LogP contribution >= 0.6 is 0 Å². The Labute approximate surface area is 192 Å². The van der Waals surface area contributed by atoms with Gasteiger partial charge in [0.2, 0.25) is 0 Å². The van der Waals surface area contributed by atoms with Gasteiger partial charge in [-0.1, -0.05) is 63.3 Å². The number of ether oxygens (including phenoxy) is 1. The van der Waals surface area contributed by atoms with Gasteiger partial charge < -0.3 is 21.7 Å². The van der Waals surface area contributed by atoms with E-state index in [2.05, 4.69) is 65.4 Å². The van der Waals surface area contributed by atoms with Crippen LogP contribution in [0.2, 0.25) is 0 Å². The van der Waals surface area contributed by atoms with Crippen LogP contribution < -0.4 is 21.5 Å². The highest BCUT2D eigenvalue weighted by Crippen LogP contribution is 2.17. The van der Waals surface area contributed by atoms with Gasteiger partial charge in [-0.15, -0.1) is 0 Å². The van der Waals surface area contributed by atoms with Gasteiger partial charge in [0.05, 0.1) is 25.3 Å². The van der Waals surface area contributed by atoms with E-state index in [-0.39, 0.29) is 23.0 Å². The van der Waals surface area contributed by atoms with Gasteiger partial charge in [0.1, 0.15) is 12.4 Å². The first-order valence-corrected chi connectivity index (χ1v) is 11.2. The molecule has 4 nitrogen and oxygen atoms in total. The summed E-state index contributed by atoms with van der Waals surface area (Å²) in [4.78, 5) is 10.9. The maximum Gasteiger partial charge on any atom is 0.330 e. The maximum absolute atomic E-state index is 10.9. The lowest BCUT2D eigenvalue weighted by Crippen LogP contribution is -3.00. The minimum atomic E-state index is -0.315. The van der Waals surface area contributed by atoms with Gasteiger partial charge in [0.15, 0.2) is 0 Å². The highest BCUT2D eigenvalue weighted by Gasteiger charge is 2.17. The van der Waals surface area contributed by atoms with Crippen LogP contribution in [0.1, 0.15) is 64.7 Å². The van der Waals surface area contributed by atoms with Gasteiger partial charge in [0, 0.05) is 6.08 Å². The summed E-state index contributed by atoms with van der Waals surface area (Å²) in [5.74, 6) is 0.997. The molecular formula is C25H37BrN2O2. The summed E-state index contributed by atoms with van der Waals surface area (Å²) in [6, 6.07) is 10.7. The van der Waals surface area contributed by atoms with Gasteiger partial charge in [-0.25, -0.2) is 13.9 Å². The lowest BCUT2D eigenvalue weighted by Gasteiger charge is -2.05. The number of unbranched alkanes of at least 4 members (excludes halogenated alkanes) is 8. The number of aromatic nitrogens is 2. The second-order valence-corrected chi connectivity index (χ2v) is 7.52. The van der Waals surface area contributed by atoms with Crippen LogP contribution in [0.15, 0.2) is 55.4 Å². The zero-order chi connectivity index (χ0) is 20.7. The van der Waals surface area contributed by atoms with Crippen LogP contribution in [0.4, 0.5) is 0 Å². The number of aryl methyl sites for hydroxylation is 2. The van der Waals surface area contributed by atoms with Crippen LogP contribution in [0.5, 0.6) is 0 Å². The van der Waals surface area contributed by atoms with E-state index in [1.807, 2.05) is 0 Å². The second-order valence-electron chi connectivity index (χ2n) is 7.52. The van der Waals surface area contributed by atoms with E-state index in [1.54, 1.807) is 0 Å². The van der Waals surface area contributed by atoms with Crippen molar-refractivity contribution < 1.29 is 31.1 Å². The molecule has 0 aliphatic rings. The lowest BCUT2D eigenvalue weighted by molar-refractivity contribution is -0.682. The highest BCUT2D eigenvalue weighted by atomic mass is 79.9. The zero-order valence-corrected chi connectivity index (χ0v) is 20.0. The number of esters is 1. The van der Waals surface area contributed by atoms with Crippen LogP contribution in [-0.4, -0.2) is 17.1 Å². The third kappa shape index (κ3) is 9.29. The number of halogens is 1. The lowest BCUT2D eigenvalue weighted by atomic mass is 10.1. The molecule has 0 unspecified atom stereocenters. The molecule has 0 fully saturated rings. The Morgan fingerprint density at radius 1 is 1.00 bits per heavy atom. The first-order valence-electron chi connectivity index (χ1n) is 11.2. The number of hydrogen-bond donors (Lipinski definition) is 0. The van der Waals surface area contributed by atoms with Gasteiger partial charge >= 0.3 is 5.97 Å². The minimum absolute atomic E-state index is 0. The standard InChI is InChI=1S/C25H37N2O2.BrH/c1-3-24(28)29-22-16-11-9-7-5-6-8-10-15-19-27-21-20-26(4-2)25(27)23-17-13-12-14-18-23;/h3,12-14,17-18,20-21H,1,4-11,15-16,19,22H2,2H3;1H/q+1;/p-1. The summed E-state index contributed by atoms with van der Waals surface area (Å²) in [5, 5.41) is 0. The van der Waals surface area contributed by atoms with Crippen molar-refractivity contribution in [3.63, 3.8) is 0 Å². The number of benzene rings is 1. The molecule has 5 heteroatoms. The molecule has 2 aromatic rings. The molecule has 0 aliphatic heterocycles. The van der Waals surface area contributed by atoms with Crippen molar-refractivity contribution in [2.45, 2.75) is 77.8 Å². The summed E-state index contributed by atoms with van der Waals surface area (Å²) < 4.78 is 9.71. The van der Waals surface area contributed by atoms with E-state index < -0.39 is 0 Å². The van der Waals surface area contributed by atoms with E-state index in [0.717, 1.165) is 25.9 Å². The molecule has 0 bridgehead atoms. The van der Waals surface area contributed by atoms with Crippen LogP contribution in [0.25, 0.3) is 11.4 Å². The molecule has 1 aromatic carbocycles. The zero-order valence-electron chi connectivity index (χ0n) is 18.4. The van der Waals surface area contributed by atoms with Gasteiger partial charge in [0.25, 0.3) is 5.82 Å². The summed E-state index contributed by atoms with van der Waals surface area (Å²) in [6.45, 7) is 8.19. The maximum atomic E-state index is 10.9. The van der Waals surface area contributed by atoms with Gasteiger partial charge in [-0.3, -0.25) is 0 Å². The van der Waals surface area contributed by atoms with Gasteiger partial charge in [-0.2, -0.15) is 0 Å². The minimum Gasteiger partial charge on any atom is -1.00 e. The Morgan fingerprint density at radius 2 is 1.60 bits per heavy atom. The molecule has 0 radical (unpaired) electrons. The smallest absolute Gasteiger partial charge is 0.330 e. The van der Waals surface area contributed by atoms with Crippen molar-refractivity contribution in [1.29, 1.82) is 0 Å². The number of hydrogen-bond acceptors (Lipinski definition) is 2. The summed E-state index contributed by atoms with van der Waals surface area (Å²) in [7, 11) is 0. The Balaban J connectivity index is 0.00000450. The predicted molar refractivity (Wildman–Crippen MR) is 118 cm³/mol. The van der Waals surface area contributed by atoms with Crippen molar-refractivity contribution in [2.24, 2.45) is 0 Å². The van der Waals surface area contributed by atoms with Crippen LogP contribution in [0.3, 0.4) is 0 Å². The molecule has 1 heterocycles. The van der Waals surface area contributed by atoms with E-state index in [0.29, 0.717) is 6.61 Å². The molecule has 2 rings (SSSR count). The first-order chi connectivity index (χ1) is 14.3. The number of imidazole rings is 1. The summed E-state index contributed by atoms with van der Waals surface area (Å²) in [6.07, 6.45) is 16.7. The van der Waals surface area contributed by atoms with Gasteiger partial charge in [-0.05, 0) is 38.3 Å². The molecule has 0 aliphatic carbocycles. The van der Waals surface area contributed by atoms with Crippen molar-refractivity contribution >= 4 is 5.97 Å². The Bertz CT molecular complexity index is 728. The average Bonchev–Trinajstić information content (AvgIpc) is 3.17. The monoisotopic (exact) mass is 476 g/mol. The molecule has 30 heavy (non-hydrogen) atoms. The normalized spacial score (nSPS) is 10.4. The molecule has 0 amide bonds. The average molecular weight is 477 g/mol. The number of carbonyl (C=O) groups excluding carboxylic acids is 1. The second kappa shape index (κ2) is 15.9. The van der Waals surface area contributed by atoms with Crippen molar-refractivity contribution in [3.05, 3.63) is 55.4 Å².